The van der Waals surface area contributed by atoms with E-state index in [1.54, 1.807) is 4.90 Å². The molecule has 2 atom stereocenters. The van der Waals surface area contributed by atoms with Crippen molar-refractivity contribution in [1.29, 1.82) is 0 Å². The largest absolute Gasteiger partial charge is 0.310 e. The van der Waals surface area contributed by atoms with Gasteiger partial charge in [-0.3, -0.25) is 14.5 Å². The molecule has 0 radical (unpaired) electrons. The number of nitrogens with zero attached hydrogens (tertiary/aromatic N) is 3. The van der Waals surface area contributed by atoms with E-state index >= 15 is 0 Å². The third-order valence-electron chi connectivity index (χ3n) is 5.31. The molecular weight excluding hydrogens is 423 g/mol. The quantitative estimate of drug-likeness (QED) is 0.696. The van der Waals surface area contributed by atoms with Crippen LogP contribution in [0.5, 0.6) is 0 Å². The zero-order valence-corrected chi connectivity index (χ0v) is 16.6. The Morgan fingerprint density at radius 3 is 2.68 bits per heavy atom. The van der Waals surface area contributed by atoms with E-state index in [0.717, 1.165) is 24.5 Å². The molecule has 168 valence electrons. The lowest BCUT2D eigenvalue weighted by molar-refractivity contribution is -0.125. The molecular formula is C20H21F5N4O2. The molecule has 0 spiro atoms. The number of aromatic nitrogens is 2. The maximum Gasteiger partial charge on any atom is 0.257 e. The van der Waals surface area contributed by atoms with Crippen molar-refractivity contribution >= 4 is 11.7 Å². The van der Waals surface area contributed by atoms with E-state index in [4.69, 9.17) is 0 Å². The van der Waals surface area contributed by atoms with E-state index in [-0.39, 0.29) is 24.5 Å². The summed E-state index contributed by atoms with van der Waals surface area (Å²) < 4.78 is 68.4. The molecule has 3 heterocycles. The van der Waals surface area contributed by atoms with Crippen molar-refractivity contribution in [3.8, 4) is 0 Å². The van der Waals surface area contributed by atoms with Crippen LogP contribution in [0.25, 0.3) is 0 Å². The van der Waals surface area contributed by atoms with Gasteiger partial charge in [0.2, 0.25) is 5.91 Å². The number of alkyl halides is 4. The second-order valence-electron chi connectivity index (χ2n) is 7.43. The Morgan fingerprint density at radius 2 is 2.03 bits per heavy atom. The van der Waals surface area contributed by atoms with Crippen molar-refractivity contribution in [2.45, 2.75) is 44.2 Å². The van der Waals surface area contributed by atoms with Gasteiger partial charge in [-0.15, -0.1) is 0 Å². The zero-order valence-electron chi connectivity index (χ0n) is 16.6. The number of carbonyl (C=O) groups excluding carboxylic acids is 1. The third kappa shape index (κ3) is 5.46. The van der Waals surface area contributed by atoms with Gasteiger partial charge < -0.3 is 9.88 Å². The Hall–Kier alpha value is -2.82. The number of rotatable bonds is 6. The molecule has 1 N–H and O–H groups in total. The summed E-state index contributed by atoms with van der Waals surface area (Å²) >= 11 is 0. The first kappa shape index (κ1) is 22.9. The van der Waals surface area contributed by atoms with Crippen LogP contribution < -0.4 is 10.9 Å². The van der Waals surface area contributed by atoms with Crippen LogP contribution in [0.2, 0.25) is 0 Å². The van der Waals surface area contributed by atoms with Crippen molar-refractivity contribution in [3.05, 3.63) is 58.4 Å². The fraction of sp³-hybridized carbons (Fsp3) is 0.450. The van der Waals surface area contributed by atoms with Gasteiger partial charge in [0.05, 0.1) is 24.7 Å². The summed E-state index contributed by atoms with van der Waals surface area (Å²) in [6, 6.07) is 3.79. The molecule has 3 rings (SSSR count). The fourth-order valence-electron chi connectivity index (χ4n) is 3.52. The Balaban J connectivity index is 1.77. The van der Waals surface area contributed by atoms with Crippen molar-refractivity contribution in [3.63, 3.8) is 0 Å². The topological polar surface area (TPSA) is 67.2 Å². The summed E-state index contributed by atoms with van der Waals surface area (Å²) in [6.45, 7) is 0.367. The Morgan fingerprint density at radius 1 is 1.29 bits per heavy atom. The highest BCUT2D eigenvalue weighted by atomic mass is 19.3. The number of pyridine rings is 2. The van der Waals surface area contributed by atoms with Crippen molar-refractivity contribution in [2.24, 2.45) is 0 Å². The minimum atomic E-state index is -3.14. The van der Waals surface area contributed by atoms with Gasteiger partial charge in [0.15, 0.2) is 0 Å². The summed E-state index contributed by atoms with van der Waals surface area (Å²) in [6.07, 6.45) is -1.38. The van der Waals surface area contributed by atoms with E-state index in [1.165, 1.54) is 19.1 Å². The predicted molar refractivity (Wildman–Crippen MR) is 103 cm³/mol. The van der Waals surface area contributed by atoms with Crippen molar-refractivity contribution in [2.75, 3.05) is 18.4 Å². The molecule has 0 unspecified atom stereocenters. The van der Waals surface area contributed by atoms with Gasteiger partial charge in [0.1, 0.15) is 11.6 Å². The van der Waals surface area contributed by atoms with Crippen LogP contribution in [-0.2, 0) is 11.3 Å². The number of anilines is 1. The van der Waals surface area contributed by atoms with Crippen LogP contribution in [0.15, 0.2) is 41.5 Å². The van der Waals surface area contributed by atoms with E-state index in [0.29, 0.717) is 4.57 Å². The molecule has 1 saturated heterocycles. The van der Waals surface area contributed by atoms with Crippen LogP contribution in [-0.4, -0.2) is 51.8 Å². The number of nitrogens with one attached hydrogen (secondary N) is 1. The molecule has 1 aliphatic heterocycles. The Labute approximate surface area is 174 Å². The lowest BCUT2D eigenvalue weighted by Crippen LogP contribution is -2.52. The predicted octanol–water partition coefficient (Wildman–Crippen LogP) is 3.10. The number of hydrogen-bond acceptors (Lipinski definition) is 4. The average molecular weight is 444 g/mol. The maximum absolute atomic E-state index is 14.7. The number of hydrogen-bond donors (Lipinski definition) is 1. The summed E-state index contributed by atoms with van der Waals surface area (Å²) in [5.41, 5.74) is -0.665. The molecule has 1 aliphatic rings. The highest BCUT2D eigenvalue weighted by Gasteiger charge is 2.46. The second-order valence-corrected chi connectivity index (χ2v) is 7.43. The summed E-state index contributed by atoms with van der Waals surface area (Å²) in [7, 11) is 0. The van der Waals surface area contributed by atoms with E-state index in [9.17, 15) is 31.5 Å². The summed E-state index contributed by atoms with van der Waals surface area (Å²) in [5.74, 6) is -5.48. The highest BCUT2D eigenvalue weighted by Crippen LogP contribution is 2.40. The molecule has 0 bridgehead atoms. The van der Waals surface area contributed by atoms with Crippen LogP contribution in [0, 0.1) is 5.82 Å². The molecule has 0 aliphatic carbocycles. The fourth-order valence-corrected chi connectivity index (χ4v) is 3.52. The van der Waals surface area contributed by atoms with E-state index < -0.39 is 54.6 Å². The summed E-state index contributed by atoms with van der Waals surface area (Å²) in [5, 5.41) is 2.51. The lowest BCUT2D eigenvalue weighted by Gasteiger charge is -2.40. The normalized spacial score (nSPS) is 19.9. The van der Waals surface area contributed by atoms with Gasteiger partial charge >= 0.3 is 0 Å². The lowest BCUT2D eigenvalue weighted by atomic mass is 9.87. The Bertz CT molecular complexity index is 980. The molecule has 1 fully saturated rings. The van der Waals surface area contributed by atoms with Gasteiger partial charge in [0.25, 0.3) is 17.9 Å². The molecule has 11 heteroatoms. The molecule has 0 saturated carbocycles. The summed E-state index contributed by atoms with van der Waals surface area (Å²) in [4.78, 5) is 29.6. The van der Waals surface area contributed by atoms with Crippen LogP contribution in [0.1, 0.15) is 24.8 Å². The van der Waals surface area contributed by atoms with Gasteiger partial charge in [-0.25, -0.2) is 26.9 Å². The molecule has 31 heavy (non-hydrogen) atoms. The van der Waals surface area contributed by atoms with Crippen molar-refractivity contribution < 1.29 is 26.7 Å². The van der Waals surface area contributed by atoms with Crippen molar-refractivity contribution in [1.82, 2.24) is 14.5 Å². The molecule has 1 amide bonds. The molecule has 2 aromatic heterocycles. The average Bonchev–Trinajstić information content (AvgIpc) is 2.70. The highest BCUT2D eigenvalue weighted by molar-refractivity contribution is 5.93. The molecule has 0 aromatic carbocycles. The number of amides is 1. The number of halogens is 5. The molecule has 6 nitrogen and oxygen atoms in total. The zero-order chi connectivity index (χ0) is 22.8. The maximum atomic E-state index is 14.7. The first-order valence-corrected chi connectivity index (χ1v) is 9.59. The Kier molecular flexibility index (Phi) is 6.73. The number of likely N-dealkylation sites (tertiary alicyclic amines) is 1. The first-order valence-electron chi connectivity index (χ1n) is 9.59. The van der Waals surface area contributed by atoms with Gasteiger partial charge in [-0.2, -0.15) is 0 Å². The standard InChI is InChI=1S/C20H21F5N4O2/c1-12(19(31)27-17-4-3-14(21)8-26-17)28-7-6-20(24,25)15(10-28)13-2-5-18(30)29(9-13)11-16(22)23/h2-5,8-9,12,15-16H,6-7,10-11H2,1H3,(H,26,27,31)/t12-,15+/m0/s1. The van der Waals surface area contributed by atoms with Gasteiger partial charge in [-0.05, 0) is 24.6 Å². The smallest absolute Gasteiger partial charge is 0.257 e. The SMILES string of the molecule is C[C@@H](C(=O)Nc1ccc(F)cn1)N1CCC(F)(F)[C@@H](c2ccc(=O)n(CC(F)F)c2)C1. The minimum absolute atomic E-state index is 0.0442. The monoisotopic (exact) mass is 444 g/mol. The second kappa shape index (κ2) is 9.13. The minimum Gasteiger partial charge on any atom is -0.310 e. The van der Waals surface area contributed by atoms with Gasteiger partial charge in [0, 0.05) is 31.8 Å². The van der Waals surface area contributed by atoms with E-state index in [2.05, 4.69) is 10.3 Å². The molecule has 2 aromatic rings. The number of carbonyl (C=O) groups is 1. The van der Waals surface area contributed by atoms with E-state index in [1.807, 2.05) is 0 Å². The first-order chi connectivity index (χ1) is 14.6. The van der Waals surface area contributed by atoms with Crippen LogP contribution in [0.4, 0.5) is 27.8 Å². The van der Waals surface area contributed by atoms with Crippen LogP contribution in [0.3, 0.4) is 0 Å². The third-order valence-corrected chi connectivity index (χ3v) is 5.31. The number of piperidine rings is 1. The van der Waals surface area contributed by atoms with Gasteiger partial charge in [-0.1, -0.05) is 6.07 Å². The van der Waals surface area contributed by atoms with Crippen LogP contribution >= 0.6 is 0 Å².